The van der Waals surface area contributed by atoms with Gasteiger partial charge in [0.2, 0.25) is 0 Å². The molecule has 1 aliphatic rings. The Hall–Kier alpha value is -3.29. The molecule has 0 radical (unpaired) electrons. The molecule has 1 aromatic carbocycles. The molecule has 5 rings (SSSR count). The fourth-order valence-electron chi connectivity index (χ4n) is 4.04. The van der Waals surface area contributed by atoms with E-state index in [1.54, 1.807) is 0 Å². The van der Waals surface area contributed by atoms with Gasteiger partial charge < -0.3 is 15.3 Å². The Bertz CT molecular complexity index is 1150. The largest absolute Gasteiger partial charge is 0.393 e. The average molecular weight is 415 g/mol. The molecule has 0 amide bonds. The molecule has 1 aliphatic heterocycles. The second kappa shape index (κ2) is 8.83. The molecule has 3 aromatic heterocycles. The Morgan fingerprint density at radius 3 is 2.58 bits per heavy atom. The van der Waals surface area contributed by atoms with Gasteiger partial charge in [0.1, 0.15) is 5.82 Å². The summed E-state index contributed by atoms with van der Waals surface area (Å²) in [6.45, 7) is 3.66. The van der Waals surface area contributed by atoms with Gasteiger partial charge in [-0.15, -0.1) is 0 Å². The number of nitrogens with one attached hydrogen (secondary N) is 1. The van der Waals surface area contributed by atoms with E-state index in [1.165, 1.54) is 0 Å². The molecule has 0 saturated carbocycles. The summed E-state index contributed by atoms with van der Waals surface area (Å²) in [5, 5.41) is 17.9. The van der Waals surface area contributed by atoms with Crippen LogP contribution in [-0.4, -0.2) is 61.9 Å². The first kappa shape index (κ1) is 19.7. The molecule has 2 N–H and O–H groups in total. The van der Waals surface area contributed by atoms with Crippen LogP contribution in [0.5, 0.6) is 0 Å². The van der Waals surface area contributed by atoms with Gasteiger partial charge in [0, 0.05) is 55.8 Å². The quantitative estimate of drug-likeness (QED) is 0.504. The van der Waals surface area contributed by atoms with Gasteiger partial charge in [0.25, 0.3) is 0 Å². The van der Waals surface area contributed by atoms with Crippen molar-refractivity contribution in [3.05, 3.63) is 67.0 Å². The molecule has 0 bridgehead atoms. The number of pyridine rings is 1. The van der Waals surface area contributed by atoms with Gasteiger partial charge in [0.05, 0.1) is 17.5 Å². The predicted octanol–water partition coefficient (Wildman–Crippen LogP) is 3.33. The Kier molecular flexibility index (Phi) is 5.60. The number of benzene rings is 1. The lowest BCUT2D eigenvalue weighted by Crippen LogP contribution is -2.38. The number of aliphatic hydroxyl groups is 1. The van der Waals surface area contributed by atoms with Crippen molar-refractivity contribution in [1.82, 2.24) is 24.5 Å². The maximum Gasteiger partial charge on any atom is 0.156 e. The summed E-state index contributed by atoms with van der Waals surface area (Å²) in [6.07, 6.45) is 5.22. The van der Waals surface area contributed by atoms with Gasteiger partial charge in [-0.1, -0.05) is 30.3 Å². The third-order valence-corrected chi connectivity index (χ3v) is 5.77. The van der Waals surface area contributed by atoms with E-state index in [2.05, 4.69) is 32.3 Å². The van der Waals surface area contributed by atoms with Gasteiger partial charge in [-0.25, -0.2) is 14.5 Å². The fraction of sp³-hybridized carbons (Fsp3) is 0.292. The van der Waals surface area contributed by atoms with Crippen molar-refractivity contribution >= 4 is 11.5 Å². The van der Waals surface area contributed by atoms with Crippen LogP contribution < -0.4 is 5.32 Å². The molecule has 7 heteroatoms. The molecular formula is C24H26N6O. The highest BCUT2D eigenvalue weighted by molar-refractivity contribution is 5.69. The van der Waals surface area contributed by atoms with Gasteiger partial charge >= 0.3 is 0 Å². The SMILES string of the molecule is OC1CCN(CCNc2cc(-c3cc4nccc(-c5ccccc5)n4n3)ccn2)CC1. The van der Waals surface area contributed by atoms with E-state index in [4.69, 9.17) is 5.10 Å². The summed E-state index contributed by atoms with van der Waals surface area (Å²) in [7, 11) is 0. The first-order valence-corrected chi connectivity index (χ1v) is 10.8. The van der Waals surface area contributed by atoms with Gasteiger partial charge in [-0.2, -0.15) is 5.10 Å². The van der Waals surface area contributed by atoms with Crippen molar-refractivity contribution in [3.63, 3.8) is 0 Å². The number of rotatable bonds is 6. The molecule has 0 aliphatic carbocycles. The Balaban J connectivity index is 1.32. The molecule has 158 valence electrons. The molecule has 31 heavy (non-hydrogen) atoms. The normalized spacial score (nSPS) is 15.4. The van der Waals surface area contributed by atoms with E-state index in [0.717, 1.165) is 73.0 Å². The topological polar surface area (TPSA) is 78.6 Å². The first-order chi connectivity index (χ1) is 15.3. The molecule has 0 spiro atoms. The van der Waals surface area contributed by atoms with E-state index in [1.807, 2.05) is 59.4 Å². The van der Waals surface area contributed by atoms with Crippen molar-refractivity contribution in [2.24, 2.45) is 0 Å². The minimum Gasteiger partial charge on any atom is -0.393 e. The van der Waals surface area contributed by atoms with Gasteiger partial charge in [0.15, 0.2) is 5.65 Å². The third-order valence-electron chi connectivity index (χ3n) is 5.77. The van der Waals surface area contributed by atoms with Crippen LogP contribution in [0.2, 0.25) is 0 Å². The highest BCUT2D eigenvalue weighted by Crippen LogP contribution is 2.25. The lowest BCUT2D eigenvalue weighted by atomic mass is 10.1. The zero-order valence-corrected chi connectivity index (χ0v) is 17.4. The van der Waals surface area contributed by atoms with Crippen LogP contribution in [0.15, 0.2) is 67.0 Å². The van der Waals surface area contributed by atoms with Crippen LogP contribution in [0.4, 0.5) is 5.82 Å². The second-order valence-electron chi connectivity index (χ2n) is 7.93. The molecule has 1 fully saturated rings. The van der Waals surface area contributed by atoms with Crippen molar-refractivity contribution < 1.29 is 5.11 Å². The van der Waals surface area contributed by atoms with Crippen LogP contribution in [0.25, 0.3) is 28.2 Å². The summed E-state index contributed by atoms with van der Waals surface area (Å²) in [6, 6.07) is 18.2. The minimum atomic E-state index is -0.134. The molecule has 0 atom stereocenters. The number of likely N-dealkylation sites (tertiary alicyclic amines) is 1. The first-order valence-electron chi connectivity index (χ1n) is 10.8. The molecule has 4 heterocycles. The number of hydrogen-bond donors (Lipinski definition) is 2. The number of fused-ring (bicyclic) bond motifs is 1. The van der Waals surface area contributed by atoms with E-state index < -0.39 is 0 Å². The van der Waals surface area contributed by atoms with E-state index >= 15 is 0 Å². The lowest BCUT2D eigenvalue weighted by molar-refractivity contribution is 0.0845. The summed E-state index contributed by atoms with van der Waals surface area (Å²) >= 11 is 0. The van der Waals surface area contributed by atoms with E-state index in [0.29, 0.717) is 0 Å². The zero-order chi connectivity index (χ0) is 21.0. The summed E-state index contributed by atoms with van der Waals surface area (Å²) in [5.41, 5.74) is 4.80. The zero-order valence-electron chi connectivity index (χ0n) is 17.4. The van der Waals surface area contributed by atoms with E-state index in [9.17, 15) is 5.11 Å². The summed E-state index contributed by atoms with van der Waals surface area (Å²) in [5.74, 6) is 0.836. The molecule has 4 aromatic rings. The van der Waals surface area contributed by atoms with Crippen LogP contribution >= 0.6 is 0 Å². The highest BCUT2D eigenvalue weighted by atomic mass is 16.3. The Morgan fingerprint density at radius 1 is 0.935 bits per heavy atom. The summed E-state index contributed by atoms with van der Waals surface area (Å²) < 4.78 is 1.89. The van der Waals surface area contributed by atoms with Gasteiger partial charge in [-0.3, -0.25) is 0 Å². The second-order valence-corrected chi connectivity index (χ2v) is 7.93. The number of anilines is 1. The Labute approximate surface area is 181 Å². The van der Waals surface area contributed by atoms with Crippen molar-refractivity contribution in [1.29, 1.82) is 0 Å². The van der Waals surface area contributed by atoms with Crippen LogP contribution in [0.1, 0.15) is 12.8 Å². The monoisotopic (exact) mass is 414 g/mol. The molecule has 7 nitrogen and oxygen atoms in total. The number of aromatic nitrogens is 4. The van der Waals surface area contributed by atoms with Crippen LogP contribution in [0, 0.1) is 0 Å². The number of nitrogens with zero attached hydrogens (tertiary/aromatic N) is 5. The molecule has 0 unspecified atom stereocenters. The average Bonchev–Trinajstić information content (AvgIpc) is 3.26. The number of aliphatic hydroxyl groups excluding tert-OH is 1. The van der Waals surface area contributed by atoms with Crippen molar-refractivity contribution in [3.8, 4) is 22.5 Å². The predicted molar refractivity (Wildman–Crippen MR) is 122 cm³/mol. The minimum absolute atomic E-state index is 0.134. The number of piperidine rings is 1. The highest BCUT2D eigenvalue weighted by Gasteiger charge is 2.16. The maximum absolute atomic E-state index is 9.64. The fourth-order valence-corrected chi connectivity index (χ4v) is 4.04. The lowest BCUT2D eigenvalue weighted by Gasteiger charge is -2.29. The smallest absolute Gasteiger partial charge is 0.156 e. The maximum atomic E-state index is 9.64. The van der Waals surface area contributed by atoms with Crippen molar-refractivity contribution in [2.45, 2.75) is 18.9 Å². The standard InChI is InChI=1S/C24H26N6O/c31-20-8-13-29(14-9-20)15-12-26-23-16-19(6-10-25-23)21-17-24-27-11-7-22(30(24)28-21)18-4-2-1-3-5-18/h1-7,10-11,16-17,20,31H,8-9,12-15H2,(H,25,26). The van der Waals surface area contributed by atoms with Crippen LogP contribution in [0.3, 0.4) is 0 Å². The van der Waals surface area contributed by atoms with Gasteiger partial charge in [-0.05, 0) is 31.0 Å². The molecular weight excluding hydrogens is 388 g/mol. The summed E-state index contributed by atoms with van der Waals surface area (Å²) in [4.78, 5) is 11.3. The number of hydrogen-bond acceptors (Lipinski definition) is 6. The Morgan fingerprint density at radius 2 is 1.74 bits per heavy atom. The third kappa shape index (κ3) is 4.42. The van der Waals surface area contributed by atoms with Crippen molar-refractivity contribution in [2.75, 3.05) is 31.5 Å². The molecule has 1 saturated heterocycles. The van der Waals surface area contributed by atoms with Crippen LogP contribution in [-0.2, 0) is 0 Å². The van der Waals surface area contributed by atoms with E-state index in [-0.39, 0.29) is 6.10 Å².